The fourth-order valence-corrected chi connectivity index (χ4v) is 2.18. The Labute approximate surface area is 77.7 Å². The maximum absolute atomic E-state index is 2.40. The third kappa shape index (κ3) is 2.50. The van der Waals surface area contributed by atoms with Crippen molar-refractivity contribution in [1.29, 1.82) is 0 Å². The third-order valence-corrected chi connectivity index (χ3v) is 3.65. The molecule has 0 atom stereocenters. The molecule has 1 saturated carbocycles. The fourth-order valence-electron chi connectivity index (χ4n) is 2.18. The van der Waals surface area contributed by atoms with Gasteiger partial charge in [0.25, 0.3) is 0 Å². The lowest BCUT2D eigenvalue weighted by Gasteiger charge is -2.18. The van der Waals surface area contributed by atoms with Crippen LogP contribution in [0.25, 0.3) is 0 Å². The predicted molar refractivity (Wildman–Crippen MR) is 55.3 cm³/mol. The summed E-state index contributed by atoms with van der Waals surface area (Å²) in [4.78, 5) is 0. The third-order valence-electron chi connectivity index (χ3n) is 3.65. The van der Waals surface area contributed by atoms with E-state index in [1.807, 2.05) is 0 Å². The first-order chi connectivity index (χ1) is 5.71. The summed E-state index contributed by atoms with van der Waals surface area (Å²) in [5.74, 6) is 0.930. The second kappa shape index (κ2) is 4.30. The number of rotatable bonds is 6. The van der Waals surface area contributed by atoms with Crippen molar-refractivity contribution >= 4 is 0 Å². The Morgan fingerprint density at radius 3 is 2.17 bits per heavy atom. The van der Waals surface area contributed by atoms with E-state index in [0.717, 1.165) is 11.3 Å². The van der Waals surface area contributed by atoms with E-state index in [0.29, 0.717) is 0 Å². The highest BCUT2D eigenvalue weighted by molar-refractivity contribution is 4.94. The smallest absolute Gasteiger partial charge is 0.0274 e. The quantitative estimate of drug-likeness (QED) is 0.516. The Hall–Kier alpha value is 0. The molecule has 12 heavy (non-hydrogen) atoms. The van der Waals surface area contributed by atoms with Gasteiger partial charge in [-0.05, 0) is 30.6 Å². The summed E-state index contributed by atoms with van der Waals surface area (Å²) in [6.07, 6.45) is 10.3. The molecule has 0 aromatic heterocycles. The highest BCUT2D eigenvalue weighted by atomic mass is 14.5. The summed E-state index contributed by atoms with van der Waals surface area (Å²) in [7, 11) is 0. The van der Waals surface area contributed by atoms with E-state index in [2.05, 4.69) is 20.8 Å². The average molecular weight is 168 g/mol. The number of unbranched alkanes of at least 4 members (excludes halogenated alkanes) is 3. The van der Waals surface area contributed by atoms with E-state index in [9.17, 15) is 0 Å². The average Bonchev–Trinajstić information content (AvgIpc) is 2.79. The SMILES string of the molecule is CCCCCCC1(C(C)C)CC1. The zero-order valence-electron chi connectivity index (χ0n) is 9.03. The first kappa shape index (κ1) is 10.1. The van der Waals surface area contributed by atoms with Gasteiger partial charge >= 0.3 is 0 Å². The minimum Gasteiger partial charge on any atom is -0.0654 e. The Kier molecular flexibility index (Phi) is 3.61. The van der Waals surface area contributed by atoms with Gasteiger partial charge in [0, 0.05) is 0 Å². The molecule has 0 saturated heterocycles. The van der Waals surface area contributed by atoms with Crippen molar-refractivity contribution in [2.45, 2.75) is 65.7 Å². The summed E-state index contributed by atoms with van der Waals surface area (Å²) in [5.41, 5.74) is 0.799. The van der Waals surface area contributed by atoms with Crippen molar-refractivity contribution in [1.82, 2.24) is 0 Å². The van der Waals surface area contributed by atoms with Gasteiger partial charge in [0.2, 0.25) is 0 Å². The molecule has 1 aliphatic carbocycles. The second-order valence-corrected chi connectivity index (χ2v) is 4.83. The lowest BCUT2D eigenvalue weighted by atomic mass is 9.87. The maximum Gasteiger partial charge on any atom is -0.0274 e. The Balaban J connectivity index is 2.06. The first-order valence-corrected chi connectivity index (χ1v) is 5.71. The molecule has 0 heteroatoms. The lowest BCUT2D eigenvalue weighted by molar-refractivity contribution is 0.320. The highest BCUT2D eigenvalue weighted by Gasteiger charge is 2.43. The van der Waals surface area contributed by atoms with Crippen LogP contribution in [0, 0.1) is 11.3 Å². The van der Waals surface area contributed by atoms with Crippen molar-refractivity contribution < 1.29 is 0 Å². The molecule has 0 bridgehead atoms. The van der Waals surface area contributed by atoms with Crippen LogP contribution in [0.15, 0.2) is 0 Å². The second-order valence-electron chi connectivity index (χ2n) is 4.83. The minimum atomic E-state index is 0.799. The molecule has 0 aromatic rings. The number of hydrogen-bond acceptors (Lipinski definition) is 0. The van der Waals surface area contributed by atoms with E-state index in [1.54, 1.807) is 0 Å². The Morgan fingerprint density at radius 2 is 1.75 bits per heavy atom. The molecule has 0 N–H and O–H groups in total. The molecule has 0 unspecified atom stereocenters. The first-order valence-electron chi connectivity index (χ1n) is 5.71. The van der Waals surface area contributed by atoms with Crippen LogP contribution in [0.2, 0.25) is 0 Å². The predicted octanol–water partition coefficient (Wildman–Crippen LogP) is 4.39. The van der Waals surface area contributed by atoms with Crippen LogP contribution in [0.5, 0.6) is 0 Å². The van der Waals surface area contributed by atoms with E-state index in [-0.39, 0.29) is 0 Å². The van der Waals surface area contributed by atoms with Gasteiger partial charge in [-0.2, -0.15) is 0 Å². The number of hydrogen-bond donors (Lipinski definition) is 0. The molecular formula is C12H24. The molecule has 1 rings (SSSR count). The van der Waals surface area contributed by atoms with Crippen molar-refractivity contribution in [3.8, 4) is 0 Å². The van der Waals surface area contributed by atoms with Gasteiger partial charge in [0.1, 0.15) is 0 Å². The standard InChI is InChI=1S/C12H24/c1-4-5-6-7-8-12(9-10-12)11(2)3/h11H,4-10H2,1-3H3. The van der Waals surface area contributed by atoms with Gasteiger partial charge in [-0.15, -0.1) is 0 Å². The molecule has 0 nitrogen and oxygen atoms in total. The molecular weight excluding hydrogens is 144 g/mol. The molecule has 0 aromatic carbocycles. The van der Waals surface area contributed by atoms with Crippen molar-refractivity contribution in [2.24, 2.45) is 11.3 Å². The zero-order chi connectivity index (χ0) is 9.03. The van der Waals surface area contributed by atoms with Crippen molar-refractivity contribution in [3.05, 3.63) is 0 Å². The molecule has 0 aliphatic heterocycles. The van der Waals surface area contributed by atoms with Crippen LogP contribution in [-0.2, 0) is 0 Å². The van der Waals surface area contributed by atoms with Gasteiger partial charge in [-0.1, -0.05) is 46.5 Å². The topological polar surface area (TPSA) is 0 Å². The van der Waals surface area contributed by atoms with E-state index in [1.165, 1.54) is 44.9 Å². The summed E-state index contributed by atoms with van der Waals surface area (Å²) >= 11 is 0. The summed E-state index contributed by atoms with van der Waals surface area (Å²) in [6, 6.07) is 0. The van der Waals surface area contributed by atoms with E-state index < -0.39 is 0 Å². The Morgan fingerprint density at radius 1 is 1.08 bits per heavy atom. The molecule has 0 spiro atoms. The van der Waals surface area contributed by atoms with Gasteiger partial charge in [0.05, 0.1) is 0 Å². The molecule has 0 amide bonds. The summed E-state index contributed by atoms with van der Waals surface area (Å²) < 4.78 is 0. The summed E-state index contributed by atoms with van der Waals surface area (Å²) in [6.45, 7) is 7.08. The van der Waals surface area contributed by atoms with Crippen molar-refractivity contribution in [3.63, 3.8) is 0 Å². The fraction of sp³-hybridized carbons (Fsp3) is 1.00. The normalized spacial score (nSPS) is 20.0. The Bertz CT molecular complexity index is 120. The van der Waals surface area contributed by atoms with Gasteiger partial charge < -0.3 is 0 Å². The van der Waals surface area contributed by atoms with Crippen LogP contribution in [0.3, 0.4) is 0 Å². The largest absolute Gasteiger partial charge is 0.0654 e. The molecule has 1 aliphatic rings. The van der Waals surface area contributed by atoms with Gasteiger partial charge in [-0.25, -0.2) is 0 Å². The van der Waals surface area contributed by atoms with Crippen molar-refractivity contribution in [2.75, 3.05) is 0 Å². The zero-order valence-corrected chi connectivity index (χ0v) is 9.03. The van der Waals surface area contributed by atoms with E-state index >= 15 is 0 Å². The minimum absolute atomic E-state index is 0.799. The monoisotopic (exact) mass is 168 g/mol. The van der Waals surface area contributed by atoms with Crippen LogP contribution >= 0.6 is 0 Å². The summed E-state index contributed by atoms with van der Waals surface area (Å²) in [5, 5.41) is 0. The van der Waals surface area contributed by atoms with Gasteiger partial charge in [0.15, 0.2) is 0 Å². The highest BCUT2D eigenvalue weighted by Crippen LogP contribution is 2.55. The maximum atomic E-state index is 2.40. The van der Waals surface area contributed by atoms with E-state index in [4.69, 9.17) is 0 Å². The molecule has 72 valence electrons. The molecule has 0 radical (unpaired) electrons. The molecule has 1 fully saturated rings. The lowest BCUT2D eigenvalue weighted by Crippen LogP contribution is -2.08. The van der Waals surface area contributed by atoms with Gasteiger partial charge in [-0.3, -0.25) is 0 Å². The van der Waals surface area contributed by atoms with Crippen LogP contribution in [0.1, 0.15) is 65.7 Å². The van der Waals surface area contributed by atoms with Crippen LogP contribution < -0.4 is 0 Å². The van der Waals surface area contributed by atoms with Crippen LogP contribution in [0.4, 0.5) is 0 Å². The van der Waals surface area contributed by atoms with Crippen LogP contribution in [-0.4, -0.2) is 0 Å². The molecule has 0 heterocycles.